The molecule has 4 heterocycles. The second-order valence-electron chi connectivity index (χ2n) is 6.13. The number of aromatic nitrogens is 5. The number of carbonyl (C=O) groups is 1. The Morgan fingerprint density at radius 2 is 2.32 bits per heavy atom. The summed E-state index contributed by atoms with van der Waals surface area (Å²) in [4.78, 5) is 26.3. The van der Waals surface area contributed by atoms with Crippen LogP contribution in [0.5, 0.6) is 5.19 Å². The molecule has 1 atom stereocenters. The van der Waals surface area contributed by atoms with Gasteiger partial charge in [-0.2, -0.15) is 10.1 Å². The first-order valence-electron chi connectivity index (χ1n) is 8.52. The van der Waals surface area contributed by atoms with E-state index in [-0.39, 0.29) is 11.9 Å². The van der Waals surface area contributed by atoms with Crippen LogP contribution >= 0.6 is 11.3 Å². The first-order valence-corrected chi connectivity index (χ1v) is 9.40. The maximum atomic E-state index is 11.9. The molecule has 3 aromatic heterocycles. The molecule has 1 aliphatic heterocycles. The molecule has 28 heavy (non-hydrogen) atoms. The van der Waals surface area contributed by atoms with Crippen LogP contribution in [-0.4, -0.2) is 55.7 Å². The number of anilines is 1. The average Bonchev–Trinajstić information content (AvgIpc) is 3.44. The Hall–Kier alpha value is -3.45. The topological polar surface area (TPSA) is 112 Å². The molecule has 9 nitrogen and oxygen atoms in total. The summed E-state index contributed by atoms with van der Waals surface area (Å²) in [5.41, 5.74) is 7.75. The summed E-state index contributed by atoms with van der Waals surface area (Å²) in [5, 5.41) is 7.59. The Balaban J connectivity index is 1.73. The predicted octanol–water partition coefficient (Wildman–Crippen LogP) is 1.23. The maximum absolute atomic E-state index is 11.9. The highest BCUT2D eigenvalue weighted by molar-refractivity contribution is 7.11. The first kappa shape index (κ1) is 17.9. The molecule has 0 bridgehead atoms. The Morgan fingerprint density at radius 1 is 1.46 bits per heavy atom. The van der Waals surface area contributed by atoms with Crippen LogP contribution in [-0.2, 0) is 4.79 Å². The highest BCUT2D eigenvalue weighted by Crippen LogP contribution is 2.28. The van der Waals surface area contributed by atoms with E-state index in [1.807, 2.05) is 0 Å². The Kier molecular flexibility index (Phi) is 4.67. The lowest BCUT2D eigenvalue weighted by atomic mass is 10.2. The van der Waals surface area contributed by atoms with Crippen molar-refractivity contribution >= 4 is 34.1 Å². The molecule has 2 N–H and O–H groups in total. The zero-order valence-corrected chi connectivity index (χ0v) is 15.9. The number of hydrogen-bond donors (Lipinski definition) is 1. The number of rotatable bonds is 3. The van der Waals surface area contributed by atoms with E-state index < -0.39 is 0 Å². The largest absolute Gasteiger partial charge is 0.473 e. The Bertz CT molecular complexity index is 1120. The van der Waals surface area contributed by atoms with Crippen molar-refractivity contribution in [3.63, 3.8) is 0 Å². The summed E-state index contributed by atoms with van der Waals surface area (Å²) >= 11 is 1.37. The van der Waals surface area contributed by atoms with E-state index in [0.717, 1.165) is 6.42 Å². The molecule has 1 unspecified atom stereocenters. The van der Waals surface area contributed by atoms with Gasteiger partial charge < -0.3 is 15.4 Å². The minimum atomic E-state index is -0.0920. The SMILES string of the molecule is C=CC(=O)N1CCC(n2nc(C#Cc3csc(OC)n3)c3c(N)ncnc32)C1. The van der Waals surface area contributed by atoms with Gasteiger partial charge in [-0.15, -0.1) is 0 Å². The van der Waals surface area contributed by atoms with E-state index >= 15 is 0 Å². The van der Waals surface area contributed by atoms with E-state index in [1.54, 1.807) is 22.1 Å². The molecule has 0 radical (unpaired) electrons. The molecule has 10 heteroatoms. The van der Waals surface area contributed by atoms with Crippen molar-refractivity contribution in [3.8, 4) is 17.0 Å². The molecule has 0 saturated carbocycles. The Labute approximate surface area is 164 Å². The van der Waals surface area contributed by atoms with Gasteiger partial charge in [0, 0.05) is 18.5 Å². The summed E-state index contributed by atoms with van der Waals surface area (Å²) in [5.74, 6) is 6.22. The van der Waals surface area contributed by atoms with Crippen LogP contribution in [0.25, 0.3) is 11.0 Å². The predicted molar refractivity (Wildman–Crippen MR) is 105 cm³/mol. The van der Waals surface area contributed by atoms with Gasteiger partial charge in [0.1, 0.15) is 23.5 Å². The fraction of sp³-hybridized carbons (Fsp3) is 0.278. The van der Waals surface area contributed by atoms with Crippen molar-refractivity contribution in [2.24, 2.45) is 0 Å². The smallest absolute Gasteiger partial charge is 0.274 e. The monoisotopic (exact) mass is 395 g/mol. The fourth-order valence-electron chi connectivity index (χ4n) is 3.14. The summed E-state index contributed by atoms with van der Waals surface area (Å²) < 4.78 is 6.87. The molecule has 1 saturated heterocycles. The van der Waals surface area contributed by atoms with Crippen molar-refractivity contribution < 1.29 is 9.53 Å². The molecule has 4 rings (SSSR count). The van der Waals surface area contributed by atoms with Crippen LogP contribution in [0.1, 0.15) is 23.9 Å². The number of thiazole rings is 1. The molecular formula is C18H17N7O2S. The average molecular weight is 395 g/mol. The highest BCUT2D eigenvalue weighted by atomic mass is 32.1. The number of amides is 1. The first-order chi connectivity index (χ1) is 13.6. The van der Waals surface area contributed by atoms with E-state index in [0.29, 0.717) is 46.5 Å². The Morgan fingerprint density at radius 3 is 3.07 bits per heavy atom. The number of fused-ring (bicyclic) bond motifs is 1. The van der Waals surface area contributed by atoms with Crippen molar-refractivity contribution in [1.82, 2.24) is 29.6 Å². The number of ether oxygens (including phenoxy) is 1. The van der Waals surface area contributed by atoms with Gasteiger partial charge in [0.25, 0.3) is 5.19 Å². The molecule has 0 aliphatic carbocycles. The molecule has 1 fully saturated rings. The molecular weight excluding hydrogens is 378 g/mol. The second-order valence-corrected chi connectivity index (χ2v) is 6.95. The van der Waals surface area contributed by atoms with E-state index in [4.69, 9.17) is 10.5 Å². The van der Waals surface area contributed by atoms with E-state index in [1.165, 1.54) is 23.7 Å². The summed E-state index contributed by atoms with van der Waals surface area (Å²) in [6, 6.07) is -0.0179. The lowest BCUT2D eigenvalue weighted by Gasteiger charge is -2.14. The minimum Gasteiger partial charge on any atom is -0.473 e. The van der Waals surface area contributed by atoms with Gasteiger partial charge in [-0.25, -0.2) is 14.6 Å². The third-order valence-corrected chi connectivity index (χ3v) is 5.28. The number of hydrogen-bond acceptors (Lipinski definition) is 8. The molecule has 0 spiro atoms. The molecule has 0 aromatic carbocycles. The number of nitrogens with zero attached hydrogens (tertiary/aromatic N) is 6. The normalized spacial score (nSPS) is 16.0. The molecule has 1 aliphatic rings. The zero-order valence-electron chi connectivity index (χ0n) is 15.1. The number of carbonyl (C=O) groups excluding carboxylic acids is 1. The van der Waals surface area contributed by atoms with Gasteiger partial charge in [-0.05, 0) is 24.3 Å². The van der Waals surface area contributed by atoms with Gasteiger partial charge in [-0.1, -0.05) is 17.9 Å². The van der Waals surface area contributed by atoms with Gasteiger partial charge in [0.05, 0.1) is 18.5 Å². The van der Waals surface area contributed by atoms with Crippen molar-refractivity contribution in [2.75, 3.05) is 25.9 Å². The van der Waals surface area contributed by atoms with Crippen LogP contribution in [0.3, 0.4) is 0 Å². The summed E-state index contributed by atoms with van der Waals surface area (Å²) in [7, 11) is 1.56. The summed E-state index contributed by atoms with van der Waals surface area (Å²) in [6.07, 6.45) is 3.49. The van der Waals surface area contributed by atoms with Crippen LogP contribution < -0.4 is 10.5 Å². The number of methoxy groups -OCH3 is 1. The number of nitrogens with two attached hydrogens (primary N) is 1. The van der Waals surface area contributed by atoms with Crippen molar-refractivity contribution in [2.45, 2.75) is 12.5 Å². The standard InChI is InChI=1S/C18H17N7O2S/c1-3-14(26)24-7-6-12(8-24)25-17-15(16(19)20-10-21-17)13(23-25)5-4-11-9-28-18(22-11)27-2/h3,9-10,12H,1,6-8H2,2H3,(H2,19,20,21). The molecule has 3 aromatic rings. The summed E-state index contributed by atoms with van der Waals surface area (Å²) in [6.45, 7) is 4.71. The van der Waals surface area contributed by atoms with Crippen molar-refractivity contribution in [1.29, 1.82) is 0 Å². The van der Waals surface area contributed by atoms with Gasteiger partial charge in [0.15, 0.2) is 5.65 Å². The highest BCUT2D eigenvalue weighted by Gasteiger charge is 2.29. The van der Waals surface area contributed by atoms with Gasteiger partial charge in [0.2, 0.25) is 5.91 Å². The van der Waals surface area contributed by atoms with Crippen LogP contribution in [0.2, 0.25) is 0 Å². The third-order valence-electron chi connectivity index (χ3n) is 4.48. The number of likely N-dealkylation sites (tertiary alicyclic amines) is 1. The molecule has 142 valence electrons. The van der Waals surface area contributed by atoms with Crippen LogP contribution in [0.4, 0.5) is 5.82 Å². The van der Waals surface area contributed by atoms with E-state index in [2.05, 4.69) is 38.5 Å². The van der Waals surface area contributed by atoms with Crippen LogP contribution in [0.15, 0.2) is 24.4 Å². The van der Waals surface area contributed by atoms with Crippen LogP contribution in [0, 0.1) is 11.8 Å². The quantitative estimate of drug-likeness (QED) is 0.524. The van der Waals surface area contributed by atoms with Crippen molar-refractivity contribution in [3.05, 3.63) is 35.8 Å². The third kappa shape index (κ3) is 3.16. The fourth-order valence-corrected chi connectivity index (χ4v) is 3.71. The maximum Gasteiger partial charge on any atom is 0.274 e. The lowest BCUT2D eigenvalue weighted by Crippen LogP contribution is -2.27. The second kappa shape index (κ2) is 7.28. The lowest BCUT2D eigenvalue weighted by molar-refractivity contribution is -0.125. The number of nitrogen functional groups attached to an aromatic ring is 1. The van der Waals surface area contributed by atoms with Gasteiger partial charge >= 0.3 is 0 Å². The van der Waals surface area contributed by atoms with E-state index in [9.17, 15) is 4.79 Å². The minimum absolute atomic E-state index is 0.0179. The zero-order chi connectivity index (χ0) is 19.7. The molecule has 1 amide bonds. The van der Waals surface area contributed by atoms with Gasteiger partial charge in [-0.3, -0.25) is 4.79 Å².